The number of rotatable bonds is 6. The fourth-order valence-electron chi connectivity index (χ4n) is 4.75. The van der Waals surface area contributed by atoms with Crippen molar-refractivity contribution in [1.29, 1.82) is 0 Å². The molecule has 35 heavy (non-hydrogen) atoms. The van der Waals surface area contributed by atoms with Gasteiger partial charge in [-0.15, -0.1) is 5.10 Å². The van der Waals surface area contributed by atoms with E-state index in [-0.39, 0.29) is 18.1 Å². The maximum absolute atomic E-state index is 12.9. The van der Waals surface area contributed by atoms with Crippen LogP contribution in [-0.2, 0) is 9.53 Å². The number of guanidine groups is 1. The first-order valence-corrected chi connectivity index (χ1v) is 12.7. The molecule has 2 aromatic rings. The van der Waals surface area contributed by atoms with Crippen molar-refractivity contribution in [3.05, 3.63) is 30.3 Å². The smallest absolute Gasteiger partial charge is 0.325 e. The average molecular weight is 500 g/mol. The molecule has 4 unspecified atom stereocenters. The Bertz CT molecular complexity index is 1100. The number of para-hydroxylation sites is 1. The first-order valence-electron chi connectivity index (χ1n) is 11.7. The van der Waals surface area contributed by atoms with Gasteiger partial charge in [0.05, 0.1) is 17.9 Å². The number of carbonyl (C=O) groups is 2. The van der Waals surface area contributed by atoms with Crippen molar-refractivity contribution in [2.75, 3.05) is 32.4 Å². The van der Waals surface area contributed by atoms with E-state index in [1.807, 2.05) is 49.1 Å². The Balaban J connectivity index is 1.29. The number of amides is 3. The van der Waals surface area contributed by atoms with E-state index < -0.39 is 18.2 Å². The molecule has 2 fully saturated rings. The summed E-state index contributed by atoms with van der Waals surface area (Å²) in [6.45, 7) is 6.03. The van der Waals surface area contributed by atoms with E-state index in [1.54, 1.807) is 23.5 Å². The van der Waals surface area contributed by atoms with Crippen molar-refractivity contribution in [1.82, 2.24) is 40.2 Å². The van der Waals surface area contributed by atoms with Crippen molar-refractivity contribution in [2.45, 2.75) is 49.8 Å². The van der Waals surface area contributed by atoms with Crippen LogP contribution >= 0.6 is 11.8 Å². The lowest BCUT2D eigenvalue weighted by atomic mass is 10.1. The van der Waals surface area contributed by atoms with E-state index >= 15 is 0 Å². The summed E-state index contributed by atoms with van der Waals surface area (Å²) < 4.78 is 7.61. The first-order chi connectivity index (χ1) is 16.9. The van der Waals surface area contributed by atoms with Gasteiger partial charge in [0.2, 0.25) is 5.16 Å². The van der Waals surface area contributed by atoms with Gasteiger partial charge in [-0.3, -0.25) is 10.1 Å². The lowest BCUT2D eigenvalue weighted by molar-refractivity contribution is -0.127. The number of aliphatic imine (C=N–C) groups is 1. The Kier molecular flexibility index (Phi) is 6.60. The van der Waals surface area contributed by atoms with Crippen LogP contribution in [0, 0.1) is 0 Å². The van der Waals surface area contributed by atoms with Gasteiger partial charge in [0.15, 0.2) is 18.2 Å². The molecule has 2 saturated heterocycles. The van der Waals surface area contributed by atoms with Gasteiger partial charge >= 0.3 is 6.03 Å². The van der Waals surface area contributed by atoms with Gasteiger partial charge in [0.1, 0.15) is 0 Å². The number of imide groups is 1. The van der Waals surface area contributed by atoms with Crippen LogP contribution in [0.2, 0.25) is 0 Å². The molecular formula is C22H29N9O3S. The summed E-state index contributed by atoms with van der Waals surface area (Å²) in [6, 6.07) is 8.77. The number of tetrazole rings is 1. The van der Waals surface area contributed by atoms with Gasteiger partial charge in [-0.05, 0) is 42.8 Å². The zero-order valence-corrected chi connectivity index (χ0v) is 20.8. The van der Waals surface area contributed by atoms with Gasteiger partial charge in [0, 0.05) is 32.4 Å². The highest BCUT2D eigenvalue weighted by Crippen LogP contribution is 2.28. The summed E-state index contributed by atoms with van der Waals surface area (Å²) in [6.07, 6.45) is 0.324. The molecule has 12 nitrogen and oxygen atoms in total. The van der Waals surface area contributed by atoms with Crippen LogP contribution in [0.15, 0.2) is 40.5 Å². The standard InChI is InChI=1S/C22H29N9O3S/c1-14-12-29(13-15(2)34-14)20-23-18-17(19(32)24-21(33)28(18)3)30(20)10-7-11-35-22-25-26-27-31(22)16-8-5-4-6-9-16/h4-6,8-9,14-15,17-18H,7,10-13H2,1-3H3,(H,24,32,33). The number of fused-ring (bicyclic) bond motifs is 1. The molecule has 4 atom stereocenters. The summed E-state index contributed by atoms with van der Waals surface area (Å²) in [5.74, 6) is 1.19. The van der Waals surface area contributed by atoms with Gasteiger partial charge in [-0.2, -0.15) is 4.68 Å². The first kappa shape index (κ1) is 23.5. The Hall–Kier alpha value is -3.19. The summed E-state index contributed by atoms with van der Waals surface area (Å²) in [5.41, 5.74) is 0.902. The summed E-state index contributed by atoms with van der Waals surface area (Å²) in [4.78, 5) is 35.7. The number of aromatic nitrogens is 4. The number of hydrogen-bond acceptors (Lipinski definition) is 10. The summed E-state index contributed by atoms with van der Waals surface area (Å²) in [5, 5.41) is 15.3. The number of urea groups is 1. The summed E-state index contributed by atoms with van der Waals surface area (Å²) in [7, 11) is 1.67. The average Bonchev–Trinajstić information content (AvgIpc) is 3.45. The van der Waals surface area contributed by atoms with Crippen LogP contribution in [0.4, 0.5) is 4.79 Å². The van der Waals surface area contributed by atoms with E-state index in [4.69, 9.17) is 9.73 Å². The van der Waals surface area contributed by atoms with Crippen molar-refractivity contribution in [3.8, 4) is 5.69 Å². The highest BCUT2D eigenvalue weighted by atomic mass is 32.2. The van der Waals surface area contributed by atoms with Gasteiger partial charge < -0.3 is 19.4 Å². The number of ether oxygens (including phenoxy) is 1. The largest absolute Gasteiger partial charge is 0.372 e. The van der Waals surface area contributed by atoms with Crippen molar-refractivity contribution < 1.29 is 14.3 Å². The molecule has 0 saturated carbocycles. The fraction of sp³-hybridized carbons (Fsp3) is 0.545. The quantitative estimate of drug-likeness (QED) is 0.454. The van der Waals surface area contributed by atoms with Crippen molar-refractivity contribution >= 4 is 29.7 Å². The lowest BCUT2D eigenvalue weighted by Crippen LogP contribution is -2.64. The molecule has 3 aliphatic rings. The molecule has 3 aliphatic heterocycles. The molecule has 0 bridgehead atoms. The Morgan fingerprint density at radius 1 is 1.14 bits per heavy atom. The maximum atomic E-state index is 12.9. The Labute approximate surface area is 207 Å². The third-order valence-electron chi connectivity index (χ3n) is 6.26. The highest BCUT2D eigenvalue weighted by Gasteiger charge is 2.50. The molecule has 1 aromatic carbocycles. The van der Waals surface area contributed by atoms with Crippen LogP contribution in [0.1, 0.15) is 20.3 Å². The topological polar surface area (TPSA) is 121 Å². The third-order valence-corrected chi connectivity index (χ3v) is 7.26. The molecule has 13 heteroatoms. The van der Waals surface area contributed by atoms with E-state index in [0.717, 1.165) is 23.8 Å². The second-order valence-electron chi connectivity index (χ2n) is 8.96. The van der Waals surface area contributed by atoms with Crippen LogP contribution in [-0.4, -0.2) is 110 Å². The number of thioether (sulfide) groups is 1. The number of nitrogens with one attached hydrogen (secondary N) is 1. The fourth-order valence-corrected chi connectivity index (χ4v) is 5.57. The van der Waals surface area contributed by atoms with E-state index in [2.05, 4.69) is 25.7 Å². The molecule has 186 valence electrons. The van der Waals surface area contributed by atoms with Gasteiger partial charge in [0.25, 0.3) is 5.91 Å². The second-order valence-corrected chi connectivity index (χ2v) is 10.0. The molecule has 5 rings (SSSR count). The van der Waals surface area contributed by atoms with Crippen LogP contribution in [0.5, 0.6) is 0 Å². The molecule has 0 aliphatic carbocycles. The van der Waals surface area contributed by atoms with Crippen LogP contribution in [0.3, 0.4) is 0 Å². The lowest BCUT2D eigenvalue weighted by Gasteiger charge is -2.41. The maximum Gasteiger partial charge on any atom is 0.325 e. The minimum absolute atomic E-state index is 0.0477. The zero-order valence-electron chi connectivity index (χ0n) is 19.9. The van der Waals surface area contributed by atoms with Crippen LogP contribution < -0.4 is 5.32 Å². The number of morpholine rings is 1. The molecule has 0 radical (unpaired) electrons. The number of hydrogen-bond donors (Lipinski definition) is 1. The van der Waals surface area contributed by atoms with E-state index in [9.17, 15) is 9.59 Å². The van der Waals surface area contributed by atoms with Gasteiger partial charge in [-0.25, -0.2) is 9.79 Å². The minimum Gasteiger partial charge on any atom is -0.372 e. The van der Waals surface area contributed by atoms with Gasteiger partial charge in [-0.1, -0.05) is 30.0 Å². The molecule has 3 amide bonds. The number of nitrogens with zero attached hydrogens (tertiary/aromatic N) is 8. The molecule has 1 aromatic heterocycles. The second kappa shape index (κ2) is 9.82. The molecule has 4 heterocycles. The Morgan fingerprint density at radius 3 is 2.63 bits per heavy atom. The Morgan fingerprint density at radius 2 is 1.89 bits per heavy atom. The van der Waals surface area contributed by atoms with E-state index in [0.29, 0.717) is 24.8 Å². The van der Waals surface area contributed by atoms with Crippen LogP contribution in [0.25, 0.3) is 5.69 Å². The molecular weight excluding hydrogens is 470 g/mol. The van der Waals surface area contributed by atoms with Crippen molar-refractivity contribution in [2.24, 2.45) is 4.99 Å². The number of carbonyl (C=O) groups excluding carboxylic acids is 2. The number of benzene rings is 1. The summed E-state index contributed by atoms with van der Waals surface area (Å²) >= 11 is 1.56. The van der Waals surface area contributed by atoms with Crippen molar-refractivity contribution in [3.63, 3.8) is 0 Å². The third kappa shape index (κ3) is 4.69. The normalized spacial score (nSPS) is 26.6. The zero-order chi connectivity index (χ0) is 24.5. The molecule has 0 spiro atoms. The monoisotopic (exact) mass is 499 g/mol. The predicted molar refractivity (Wildman–Crippen MR) is 129 cm³/mol. The number of likely N-dealkylation sites (N-methyl/N-ethyl adjacent to an activating group) is 1. The highest BCUT2D eigenvalue weighted by molar-refractivity contribution is 7.99. The minimum atomic E-state index is -0.555. The van der Waals surface area contributed by atoms with E-state index in [1.165, 1.54) is 4.90 Å². The SMILES string of the molecule is CC1CN(C2=NC3C(C(=O)NC(=O)N3C)N2CCCSc2nnnn2-c2ccccc2)CC(C)O1. The molecule has 1 N–H and O–H groups in total. The predicted octanol–water partition coefficient (Wildman–Crippen LogP) is 0.802.